The van der Waals surface area contributed by atoms with Crippen LogP contribution >= 0.6 is 0 Å². The van der Waals surface area contributed by atoms with Crippen LogP contribution in [0.15, 0.2) is 18.2 Å². The maximum absolute atomic E-state index is 11.3. The van der Waals surface area contributed by atoms with E-state index in [9.17, 15) is 9.90 Å². The van der Waals surface area contributed by atoms with Gasteiger partial charge in [0.15, 0.2) is 0 Å². The molecule has 0 bridgehead atoms. The Bertz CT molecular complexity index is 454. The van der Waals surface area contributed by atoms with Crippen LogP contribution in [0.25, 0.3) is 0 Å². The van der Waals surface area contributed by atoms with Gasteiger partial charge in [-0.05, 0) is 38.0 Å². The molecule has 1 saturated heterocycles. The van der Waals surface area contributed by atoms with Crippen molar-refractivity contribution < 1.29 is 14.6 Å². The summed E-state index contributed by atoms with van der Waals surface area (Å²) in [6.07, 6.45) is 2.12. The van der Waals surface area contributed by atoms with Crippen LogP contribution in [0.2, 0.25) is 0 Å². The van der Waals surface area contributed by atoms with Crippen LogP contribution in [0, 0.1) is 0 Å². The van der Waals surface area contributed by atoms with Crippen molar-refractivity contribution in [2.24, 2.45) is 0 Å². The summed E-state index contributed by atoms with van der Waals surface area (Å²) in [5, 5.41) is 9.23. The summed E-state index contributed by atoms with van der Waals surface area (Å²) >= 11 is 0. The number of carboxylic acid groups (broad SMARTS) is 1. The van der Waals surface area contributed by atoms with E-state index in [0.717, 1.165) is 32.5 Å². The maximum Gasteiger partial charge on any atom is 0.337 e. The summed E-state index contributed by atoms with van der Waals surface area (Å²) in [5.41, 5.74) is 7.37. The van der Waals surface area contributed by atoms with Crippen molar-refractivity contribution in [1.29, 1.82) is 0 Å². The molecule has 0 aliphatic carbocycles. The second kappa shape index (κ2) is 5.93. The molecule has 104 valence electrons. The molecule has 3 N–H and O–H groups in total. The van der Waals surface area contributed by atoms with Crippen LogP contribution in [0.5, 0.6) is 0 Å². The first kappa shape index (κ1) is 13.7. The summed E-state index contributed by atoms with van der Waals surface area (Å²) < 4.78 is 5.60. The lowest BCUT2D eigenvalue weighted by molar-refractivity contribution is 0.0459. The van der Waals surface area contributed by atoms with Gasteiger partial charge in [0.25, 0.3) is 0 Å². The molecule has 1 heterocycles. The fourth-order valence-electron chi connectivity index (χ4n) is 2.49. The number of hydrogen-bond donors (Lipinski definition) is 2. The first-order valence-corrected chi connectivity index (χ1v) is 6.61. The Morgan fingerprint density at radius 3 is 2.74 bits per heavy atom. The van der Waals surface area contributed by atoms with E-state index in [4.69, 9.17) is 10.5 Å². The minimum absolute atomic E-state index is 0.288. The Morgan fingerprint density at radius 2 is 2.16 bits per heavy atom. The molecule has 1 fully saturated rings. The van der Waals surface area contributed by atoms with Gasteiger partial charge in [0, 0.05) is 25.4 Å². The number of ether oxygens (including phenoxy) is 1. The number of carbonyl (C=O) groups is 1. The Hall–Kier alpha value is -1.75. The zero-order valence-electron chi connectivity index (χ0n) is 11.1. The number of nitrogens with two attached hydrogens (primary N) is 1. The first-order chi connectivity index (χ1) is 9.11. The molecule has 1 aliphatic heterocycles. The molecular weight excluding hydrogens is 244 g/mol. The lowest BCUT2D eigenvalue weighted by Crippen LogP contribution is -2.37. The smallest absolute Gasteiger partial charge is 0.337 e. The fourth-order valence-corrected chi connectivity index (χ4v) is 2.49. The van der Waals surface area contributed by atoms with Crippen molar-refractivity contribution in [2.45, 2.75) is 25.9 Å². The zero-order chi connectivity index (χ0) is 13.8. The summed E-state index contributed by atoms with van der Waals surface area (Å²) in [5.74, 6) is -0.915. The molecule has 0 amide bonds. The van der Waals surface area contributed by atoms with Crippen molar-refractivity contribution in [1.82, 2.24) is 0 Å². The highest BCUT2D eigenvalue weighted by molar-refractivity contribution is 5.95. The van der Waals surface area contributed by atoms with Gasteiger partial charge in [0.05, 0.1) is 17.4 Å². The van der Waals surface area contributed by atoms with Gasteiger partial charge in [0.2, 0.25) is 0 Å². The highest BCUT2D eigenvalue weighted by Gasteiger charge is 2.23. The quantitative estimate of drug-likeness (QED) is 0.813. The van der Waals surface area contributed by atoms with Gasteiger partial charge >= 0.3 is 5.97 Å². The van der Waals surface area contributed by atoms with E-state index in [1.165, 1.54) is 0 Å². The molecule has 0 aromatic heterocycles. The average Bonchev–Trinajstić information content (AvgIpc) is 2.39. The van der Waals surface area contributed by atoms with Gasteiger partial charge < -0.3 is 20.5 Å². The third kappa shape index (κ3) is 3.17. The minimum Gasteiger partial charge on any atom is -0.478 e. The largest absolute Gasteiger partial charge is 0.478 e. The lowest BCUT2D eigenvalue weighted by atomic mass is 10.0. The monoisotopic (exact) mass is 264 g/mol. The first-order valence-electron chi connectivity index (χ1n) is 6.61. The van der Waals surface area contributed by atoms with E-state index in [1.54, 1.807) is 18.2 Å². The molecule has 5 nitrogen and oxygen atoms in total. The molecule has 19 heavy (non-hydrogen) atoms. The molecule has 0 saturated carbocycles. The number of carboxylic acids is 1. The topological polar surface area (TPSA) is 75.8 Å². The molecular formula is C14H20N2O3. The van der Waals surface area contributed by atoms with Crippen LogP contribution < -0.4 is 10.6 Å². The van der Waals surface area contributed by atoms with Crippen LogP contribution in [0.3, 0.4) is 0 Å². The van der Waals surface area contributed by atoms with Crippen molar-refractivity contribution >= 4 is 17.3 Å². The van der Waals surface area contributed by atoms with Gasteiger partial charge in [-0.15, -0.1) is 0 Å². The zero-order valence-corrected chi connectivity index (χ0v) is 11.1. The van der Waals surface area contributed by atoms with Gasteiger partial charge in [-0.1, -0.05) is 0 Å². The number of rotatable bonds is 4. The van der Waals surface area contributed by atoms with Crippen molar-refractivity contribution in [3.63, 3.8) is 0 Å². The fraction of sp³-hybridized carbons (Fsp3) is 0.500. The standard InChI is InChI=1S/C14H20N2O3/c1-2-19-11-5-7-16(8-6-11)13-9-10(15)3-4-12(13)14(17)18/h3-4,9,11H,2,5-8,15H2,1H3,(H,17,18). The SMILES string of the molecule is CCOC1CCN(c2cc(N)ccc2C(=O)O)CC1. The third-order valence-corrected chi connectivity index (χ3v) is 3.44. The molecule has 5 heteroatoms. The molecule has 0 spiro atoms. The second-order valence-electron chi connectivity index (χ2n) is 4.72. The molecule has 0 atom stereocenters. The third-order valence-electron chi connectivity index (χ3n) is 3.44. The number of hydrogen-bond acceptors (Lipinski definition) is 4. The lowest BCUT2D eigenvalue weighted by Gasteiger charge is -2.34. The Kier molecular flexibility index (Phi) is 4.27. The molecule has 1 aromatic carbocycles. The summed E-state index contributed by atoms with van der Waals surface area (Å²) in [6, 6.07) is 4.94. The second-order valence-corrected chi connectivity index (χ2v) is 4.72. The number of benzene rings is 1. The highest BCUT2D eigenvalue weighted by Crippen LogP contribution is 2.27. The molecule has 1 aliphatic rings. The van der Waals surface area contributed by atoms with Crippen molar-refractivity contribution in [3.05, 3.63) is 23.8 Å². The summed E-state index contributed by atoms with van der Waals surface area (Å²) in [7, 11) is 0. The predicted octanol–water partition coefficient (Wildman–Crippen LogP) is 1.97. The maximum atomic E-state index is 11.3. The van der Waals surface area contributed by atoms with E-state index in [2.05, 4.69) is 4.90 Å². The number of nitrogen functional groups attached to an aromatic ring is 1. The molecule has 1 aromatic rings. The van der Waals surface area contributed by atoms with E-state index in [1.807, 2.05) is 6.92 Å². The Balaban J connectivity index is 2.14. The van der Waals surface area contributed by atoms with Crippen molar-refractivity contribution in [3.8, 4) is 0 Å². The van der Waals surface area contributed by atoms with Crippen LogP contribution in [0.1, 0.15) is 30.1 Å². The Morgan fingerprint density at radius 1 is 1.47 bits per heavy atom. The van der Waals surface area contributed by atoms with Gasteiger partial charge in [0.1, 0.15) is 0 Å². The molecule has 0 radical (unpaired) electrons. The van der Waals surface area contributed by atoms with E-state index >= 15 is 0 Å². The summed E-state index contributed by atoms with van der Waals surface area (Å²) in [6.45, 7) is 4.32. The summed E-state index contributed by atoms with van der Waals surface area (Å²) in [4.78, 5) is 13.3. The predicted molar refractivity (Wildman–Crippen MR) is 74.7 cm³/mol. The van der Waals surface area contributed by atoms with Crippen molar-refractivity contribution in [2.75, 3.05) is 30.3 Å². The van der Waals surface area contributed by atoms with Crippen LogP contribution in [-0.4, -0.2) is 36.9 Å². The average molecular weight is 264 g/mol. The number of nitrogens with zero attached hydrogens (tertiary/aromatic N) is 1. The number of anilines is 2. The highest BCUT2D eigenvalue weighted by atomic mass is 16.5. The van der Waals surface area contributed by atoms with E-state index in [0.29, 0.717) is 16.9 Å². The molecule has 2 rings (SSSR count). The number of piperidine rings is 1. The number of aromatic carboxylic acids is 1. The van der Waals surface area contributed by atoms with Gasteiger partial charge in [-0.3, -0.25) is 0 Å². The Labute approximate surface area is 113 Å². The minimum atomic E-state index is -0.915. The normalized spacial score (nSPS) is 16.6. The molecule has 0 unspecified atom stereocenters. The van der Waals surface area contributed by atoms with Crippen LogP contribution in [0.4, 0.5) is 11.4 Å². The van der Waals surface area contributed by atoms with Gasteiger partial charge in [-0.25, -0.2) is 4.79 Å². The van der Waals surface area contributed by atoms with Crippen LogP contribution in [-0.2, 0) is 4.74 Å². The van der Waals surface area contributed by atoms with Gasteiger partial charge in [-0.2, -0.15) is 0 Å². The van der Waals surface area contributed by atoms with E-state index < -0.39 is 5.97 Å². The van der Waals surface area contributed by atoms with E-state index in [-0.39, 0.29) is 6.10 Å².